The van der Waals surface area contributed by atoms with Crippen LogP contribution in [-0.2, 0) is 19.1 Å². The number of carboxylic acid groups (broad SMARTS) is 1. The topological polar surface area (TPSA) is 105 Å². The molecular weight excluding hydrogens is 228 g/mol. The number of rotatable bonds is 7. The first-order valence-electron chi connectivity index (χ1n) is 5.38. The Hall–Kier alpha value is -1.63. The molecule has 0 aromatic heterocycles. The van der Waals surface area contributed by atoms with E-state index >= 15 is 0 Å². The van der Waals surface area contributed by atoms with Crippen molar-refractivity contribution >= 4 is 17.8 Å². The van der Waals surface area contributed by atoms with Crippen LogP contribution in [0.15, 0.2) is 0 Å². The highest BCUT2D eigenvalue weighted by molar-refractivity contribution is 5.88. The van der Waals surface area contributed by atoms with Gasteiger partial charge in [-0.2, -0.15) is 0 Å². The molecule has 0 saturated heterocycles. The van der Waals surface area contributed by atoms with Gasteiger partial charge in [0.1, 0.15) is 19.3 Å². The van der Waals surface area contributed by atoms with E-state index in [4.69, 9.17) is 5.11 Å². The first-order valence-corrected chi connectivity index (χ1v) is 5.38. The minimum absolute atomic E-state index is 0.237. The molecule has 3 N–H and O–H groups in total. The van der Waals surface area contributed by atoms with Crippen LogP contribution < -0.4 is 10.6 Å². The Morgan fingerprint density at radius 2 is 2.00 bits per heavy atom. The second-order valence-corrected chi connectivity index (χ2v) is 3.96. The van der Waals surface area contributed by atoms with Crippen LogP contribution in [-0.4, -0.2) is 48.2 Å². The Morgan fingerprint density at radius 3 is 2.53 bits per heavy atom. The van der Waals surface area contributed by atoms with Gasteiger partial charge in [-0.05, 0) is 19.8 Å². The number of carbonyl (C=O) groups is 3. The first-order chi connectivity index (χ1) is 7.99. The largest absolute Gasteiger partial charge is 0.480 e. The van der Waals surface area contributed by atoms with Gasteiger partial charge < -0.3 is 20.5 Å². The number of carbonyl (C=O) groups excluding carboxylic acids is 2. The molecule has 0 aromatic carbocycles. The van der Waals surface area contributed by atoms with Crippen LogP contribution in [0.5, 0.6) is 0 Å². The maximum Gasteiger partial charge on any atom is 0.329 e. The van der Waals surface area contributed by atoms with Crippen LogP contribution in [0.1, 0.15) is 19.8 Å². The van der Waals surface area contributed by atoms with Crippen molar-refractivity contribution in [3.8, 4) is 0 Å². The van der Waals surface area contributed by atoms with Crippen LogP contribution in [0.4, 0.5) is 0 Å². The van der Waals surface area contributed by atoms with E-state index in [1.165, 1.54) is 0 Å². The van der Waals surface area contributed by atoms with Crippen LogP contribution in [0.3, 0.4) is 0 Å². The van der Waals surface area contributed by atoms with E-state index in [1.54, 1.807) is 6.92 Å². The van der Waals surface area contributed by atoms with Crippen molar-refractivity contribution in [2.75, 3.05) is 13.2 Å². The molecule has 0 spiro atoms. The molecule has 17 heavy (non-hydrogen) atoms. The van der Waals surface area contributed by atoms with E-state index in [0.29, 0.717) is 0 Å². The maximum absolute atomic E-state index is 11.5. The van der Waals surface area contributed by atoms with Crippen LogP contribution >= 0.6 is 0 Å². The van der Waals surface area contributed by atoms with Crippen molar-refractivity contribution in [2.24, 2.45) is 0 Å². The Bertz CT molecular complexity index is 314. The molecule has 1 rings (SSSR count). The SMILES string of the molecule is CC(NC(=O)COCC(=O)O)C(=O)NC1CC1. The van der Waals surface area contributed by atoms with Gasteiger partial charge in [0, 0.05) is 6.04 Å². The third-order valence-corrected chi connectivity index (χ3v) is 2.15. The number of hydrogen-bond acceptors (Lipinski definition) is 4. The maximum atomic E-state index is 11.5. The number of hydrogen-bond donors (Lipinski definition) is 3. The highest BCUT2D eigenvalue weighted by atomic mass is 16.5. The fourth-order valence-corrected chi connectivity index (χ4v) is 1.13. The normalized spacial score (nSPS) is 16.1. The van der Waals surface area contributed by atoms with E-state index in [9.17, 15) is 14.4 Å². The Kier molecular flexibility index (Phi) is 4.89. The quantitative estimate of drug-likeness (QED) is 0.525. The van der Waals surface area contributed by atoms with Gasteiger partial charge in [0.2, 0.25) is 11.8 Å². The number of aliphatic carboxylic acids is 1. The molecule has 96 valence electrons. The van der Waals surface area contributed by atoms with E-state index < -0.39 is 24.5 Å². The van der Waals surface area contributed by atoms with Crippen molar-refractivity contribution in [1.82, 2.24) is 10.6 Å². The number of carboxylic acids is 1. The minimum atomic E-state index is -1.14. The lowest BCUT2D eigenvalue weighted by atomic mass is 10.3. The van der Waals surface area contributed by atoms with E-state index in [1.807, 2.05) is 0 Å². The van der Waals surface area contributed by atoms with Gasteiger partial charge in [0.25, 0.3) is 0 Å². The molecular formula is C10H16N2O5. The number of ether oxygens (including phenoxy) is 1. The van der Waals surface area contributed by atoms with Crippen LogP contribution in [0.25, 0.3) is 0 Å². The molecule has 7 heteroatoms. The second-order valence-electron chi connectivity index (χ2n) is 3.96. The summed E-state index contributed by atoms with van der Waals surface area (Å²) in [5.74, 6) is -1.89. The molecule has 0 aliphatic heterocycles. The fourth-order valence-electron chi connectivity index (χ4n) is 1.13. The predicted molar refractivity (Wildman–Crippen MR) is 57.2 cm³/mol. The van der Waals surface area contributed by atoms with Crippen molar-refractivity contribution in [2.45, 2.75) is 31.8 Å². The summed E-state index contributed by atoms with van der Waals surface area (Å²) in [5, 5.41) is 13.4. The van der Waals surface area contributed by atoms with Gasteiger partial charge in [0.15, 0.2) is 0 Å². The van der Waals surface area contributed by atoms with Gasteiger partial charge in [-0.3, -0.25) is 9.59 Å². The Morgan fingerprint density at radius 1 is 1.35 bits per heavy atom. The average Bonchev–Trinajstić information content (AvgIpc) is 3.00. The zero-order valence-corrected chi connectivity index (χ0v) is 9.56. The number of nitrogens with one attached hydrogen (secondary N) is 2. The molecule has 0 bridgehead atoms. The molecule has 1 atom stereocenters. The Balaban J connectivity index is 2.15. The standard InChI is InChI=1S/C10H16N2O5/c1-6(10(16)12-7-2-3-7)11-8(13)4-17-5-9(14)15/h6-7H,2-5H2,1H3,(H,11,13)(H,12,16)(H,14,15). The van der Waals surface area contributed by atoms with Gasteiger partial charge in [-0.1, -0.05) is 0 Å². The summed E-state index contributed by atoms with van der Waals surface area (Å²) in [7, 11) is 0. The zero-order valence-electron chi connectivity index (χ0n) is 9.56. The number of amides is 2. The second kappa shape index (κ2) is 6.19. The first kappa shape index (κ1) is 13.4. The molecule has 1 unspecified atom stereocenters. The summed E-state index contributed by atoms with van der Waals surface area (Å²) in [5.41, 5.74) is 0. The van der Waals surface area contributed by atoms with Crippen molar-refractivity contribution in [3.05, 3.63) is 0 Å². The minimum Gasteiger partial charge on any atom is -0.480 e. The van der Waals surface area contributed by atoms with Gasteiger partial charge in [-0.15, -0.1) is 0 Å². The molecule has 2 amide bonds. The molecule has 1 aliphatic carbocycles. The summed E-state index contributed by atoms with van der Waals surface area (Å²) in [4.78, 5) is 32.8. The molecule has 0 heterocycles. The van der Waals surface area contributed by atoms with E-state index in [-0.39, 0.29) is 18.6 Å². The molecule has 1 aliphatic rings. The summed E-state index contributed by atoms with van der Waals surface area (Å²) in [6.45, 7) is 0.663. The molecule has 0 aromatic rings. The lowest BCUT2D eigenvalue weighted by Crippen LogP contribution is -2.46. The smallest absolute Gasteiger partial charge is 0.329 e. The highest BCUT2D eigenvalue weighted by Gasteiger charge is 2.26. The summed E-state index contributed by atoms with van der Waals surface area (Å²) >= 11 is 0. The van der Waals surface area contributed by atoms with Gasteiger partial charge >= 0.3 is 5.97 Å². The van der Waals surface area contributed by atoms with Gasteiger partial charge in [-0.25, -0.2) is 4.79 Å². The van der Waals surface area contributed by atoms with Crippen molar-refractivity contribution in [3.63, 3.8) is 0 Å². The summed E-state index contributed by atoms with van der Waals surface area (Å²) in [6.07, 6.45) is 1.96. The zero-order chi connectivity index (χ0) is 12.8. The molecule has 1 saturated carbocycles. The molecule has 0 radical (unpaired) electrons. The lowest BCUT2D eigenvalue weighted by molar-refractivity contribution is -0.144. The molecule has 1 fully saturated rings. The van der Waals surface area contributed by atoms with E-state index in [2.05, 4.69) is 15.4 Å². The van der Waals surface area contributed by atoms with E-state index in [0.717, 1.165) is 12.8 Å². The molecule has 7 nitrogen and oxygen atoms in total. The van der Waals surface area contributed by atoms with Crippen molar-refractivity contribution in [1.29, 1.82) is 0 Å². The van der Waals surface area contributed by atoms with Crippen LogP contribution in [0, 0.1) is 0 Å². The lowest BCUT2D eigenvalue weighted by Gasteiger charge is -2.13. The summed E-state index contributed by atoms with van der Waals surface area (Å²) < 4.78 is 4.59. The van der Waals surface area contributed by atoms with Crippen LogP contribution in [0.2, 0.25) is 0 Å². The monoisotopic (exact) mass is 244 g/mol. The fraction of sp³-hybridized carbons (Fsp3) is 0.700. The summed E-state index contributed by atoms with van der Waals surface area (Å²) in [6, 6.07) is -0.401. The highest BCUT2D eigenvalue weighted by Crippen LogP contribution is 2.18. The average molecular weight is 244 g/mol. The third kappa shape index (κ3) is 5.86. The Labute approximate surface area is 98.5 Å². The predicted octanol–water partition coefficient (Wildman–Crippen LogP) is -1.13. The van der Waals surface area contributed by atoms with Crippen molar-refractivity contribution < 1.29 is 24.2 Å². The van der Waals surface area contributed by atoms with Gasteiger partial charge in [0.05, 0.1) is 0 Å². The third-order valence-electron chi connectivity index (χ3n) is 2.15.